The lowest BCUT2D eigenvalue weighted by Gasteiger charge is -2.11. The number of amides is 1. The monoisotopic (exact) mass is 391 g/mol. The van der Waals surface area contributed by atoms with Gasteiger partial charge in [-0.15, -0.1) is 11.3 Å². The van der Waals surface area contributed by atoms with Gasteiger partial charge in [-0.2, -0.15) is 0 Å². The summed E-state index contributed by atoms with van der Waals surface area (Å²) in [7, 11) is 0. The molecule has 1 aliphatic rings. The molecular weight excluding hydrogens is 366 g/mol. The number of aryl methyl sites for hydroxylation is 3. The third kappa shape index (κ3) is 4.74. The zero-order chi connectivity index (χ0) is 19.4. The predicted octanol–water partition coefficient (Wildman–Crippen LogP) is 2.18. The van der Waals surface area contributed by atoms with Gasteiger partial charge in [0.05, 0.1) is 24.2 Å². The van der Waals surface area contributed by atoms with Gasteiger partial charge in [-0.05, 0) is 45.1 Å². The van der Waals surface area contributed by atoms with E-state index in [2.05, 4.69) is 10.3 Å². The Balaban J connectivity index is 1.57. The highest BCUT2D eigenvalue weighted by molar-refractivity contribution is 7.18. The van der Waals surface area contributed by atoms with Crippen molar-refractivity contribution in [1.82, 2.24) is 14.9 Å². The Kier molecular flexibility index (Phi) is 6.26. The van der Waals surface area contributed by atoms with Gasteiger partial charge in [-0.3, -0.25) is 19.0 Å². The van der Waals surface area contributed by atoms with Crippen LogP contribution in [0.1, 0.15) is 50.0 Å². The zero-order valence-electron chi connectivity index (χ0n) is 15.7. The van der Waals surface area contributed by atoms with Crippen molar-refractivity contribution in [2.75, 3.05) is 6.54 Å². The van der Waals surface area contributed by atoms with Crippen LogP contribution < -0.4 is 10.9 Å². The molecule has 0 aliphatic heterocycles. The summed E-state index contributed by atoms with van der Waals surface area (Å²) in [5.74, 6) is -0.537. The first kappa shape index (κ1) is 19.5. The highest BCUT2D eigenvalue weighted by atomic mass is 32.1. The molecule has 1 aliphatic carbocycles. The molecule has 146 valence electrons. The molecule has 8 heteroatoms. The van der Waals surface area contributed by atoms with E-state index in [1.165, 1.54) is 22.2 Å². The maximum Gasteiger partial charge on any atom is 0.307 e. The Bertz CT molecular complexity index is 900. The quantitative estimate of drug-likeness (QED) is 0.731. The van der Waals surface area contributed by atoms with E-state index in [4.69, 9.17) is 4.74 Å². The van der Waals surface area contributed by atoms with Gasteiger partial charge in [0.25, 0.3) is 5.56 Å². The van der Waals surface area contributed by atoms with Gasteiger partial charge >= 0.3 is 5.97 Å². The zero-order valence-corrected chi connectivity index (χ0v) is 16.6. The van der Waals surface area contributed by atoms with Crippen LogP contribution in [0, 0.1) is 0 Å². The lowest BCUT2D eigenvalue weighted by molar-refractivity contribution is -0.147. The molecule has 0 radical (unpaired) electrons. The Morgan fingerprint density at radius 3 is 2.85 bits per heavy atom. The summed E-state index contributed by atoms with van der Waals surface area (Å²) in [5.41, 5.74) is 1.09. The van der Waals surface area contributed by atoms with Gasteiger partial charge in [0.1, 0.15) is 4.83 Å². The summed E-state index contributed by atoms with van der Waals surface area (Å²) in [6.07, 6.45) is 5.90. The van der Waals surface area contributed by atoms with Crippen LogP contribution >= 0.6 is 11.3 Å². The van der Waals surface area contributed by atoms with Crippen molar-refractivity contribution >= 4 is 33.4 Å². The van der Waals surface area contributed by atoms with Crippen molar-refractivity contribution in [1.29, 1.82) is 0 Å². The van der Waals surface area contributed by atoms with Crippen molar-refractivity contribution < 1.29 is 14.3 Å². The maximum absolute atomic E-state index is 12.8. The number of ether oxygens (including phenoxy) is 1. The standard InChI is InChI=1S/C19H25N3O4S/c1-12(2)26-16(24)7-9-20-15(23)8-10-22-11-21-18-17(19(22)25)13-5-3-4-6-14(13)27-18/h11-12H,3-10H2,1-2H3,(H,20,23). The summed E-state index contributed by atoms with van der Waals surface area (Å²) in [4.78, 5) is 42.8. The lowest BCUT2D eigenvalue weighted by Crippen LogP contribution is -2.29. The van der Waals surface area contributed by atoms with Crippen LogP contribution in [-0.4, -0.2) is 34.1 Å². The van der Waals surface area contributed by atoms with Crippen LogP contribution in [-0.2, 0) is 33.7 Å². The molecule has 7 nitrogen and oxygen atoms in total. The number of rotatable bonds is 7. The number of hydrogen-bond acceptors (Lipinski definition) is 6. The highest BCUT2D eigenvalue weighted by Crippen LogP contribution is 2.33. The number of fused-ring (bicyclic) bond motifs is 3. The molecule has 2 aromatic rings. The fraction of sp³-hybridized carbons (Fsp3) is 0.579. The van der Waals surface area contributed by atoms with Gasteiger partial charge in [0, 0.05) is 24.4 Å². The second-order valence-electron chi connectivity index (χ2n) is 7.02. The van der Waals surface area contributed by atoms with E-state index in [9.17, 15) is 14.4 Å². The van der Waals surface area contributed by atoms with Gasteiger partial charge in [-0.25, -0.2) is 4.98 Å². The molecule has 2 aromatic heterocycles. The summed E-state index contributed by atoms with van der Waals surface area (Å²) in [6, 6.07) is 0. The fourth-order valence-electron chi connectivity index (χ4n) is 3.28. The first-order chi connectivity index (χ1) is 13.0. The van der Waals surface area contributed by atoms with E-state index in [1.54, 1.807) is 25.2 Å². The van der Waals surface area contributed by atoms with Crippen LogP contribution in [0.5, 0.6) is 0 Å². The number of nitrogens with zero attached hydrogens (tertiary/aromatic N) is 2. The highest BCUT2D eigenvalue weighted by Gasteiger charge is 2.20. The van der Waals surface area contributed by atoms with Gasteiger partial charge in [-0.1, -0.05) is 0 Å². The first-order valence-corrected chi connectivity index (χ1v) is 10.2. The molecule has 0 spiro atoms. The molecule has 0 fully saturated rings. The summed E-state index contributed by atoms with van der Waals surface area (Å²) >= 11 is 1.62. The first-order valence-electron chi connectivity index (χ1n) is 9.41. The van der Waals surface area contributed by atoms with Crippen LogP contribution in [0.25, 0.3) is 10.2 Å². The average molecular weight is 391 g/mol. The van der Waals surface area contributed by atoms with Gasteiger partial charge in [0.2, 0.25) is 5.91 Å². The molecule has 1 amide bonds. The molecule has 0 unspecified atom stereocenters. The normalized spacial score (nSPS) is 13.6. The molecular formula is C19H25N3O4S. The Morgan fingerprint density at radius 2 is 2.07 bits per heavy atom. The lowest BCUT2D eigenvalue weighted by atomic mass is 9.97. The molecule has 0 bridgehead atoms. The van der Waals surface area contributed by atoms with E-state index in [0.717, 1.165) is 35.0 Å². The number of carbonyl (C=O) groups excluding carboxylic acids is 2. The van der Waals surface area contributed by atoms with Crippen molar-refractivity contribution in [3.05, 3.63) is 27.1 Å². The van der Waals surface area contributed by atoms with Crippen molar-refractivity contribution in [2.24, 2.45) is 0 Å². The van der Waals surface area contributed by atoms with E-state index in [1.807, 2.05) is 0 Å². The van der Waals surface area contributed by atoms with E-state index in [0.29, 0.717) is 0 Å². The van der Waals surface area contributed by atoms with Crippen molar-refractivity contribution in [2.45, 2.75) is 65.0 Å². The third-order valence-electron chi connectivity index (χ3n) is 4.54. The van der Waals surface area contributed by atoms with E-state index < -0.39 is 0 Å². The number of nitrogens with one attached hydrogen (secondary N) is 1. The summed E-state index contributed by atoms with van der Waals surface area (Å²) in [6.45, 7) is 4.07. The van der Waals surface area contributed by atoms with Crippen molar-refractivity contribution in [3.8, 4) is 0 Å². The molecule has 0 aromatic carbocycles. The molecule has 0 saturated carbocycles. The van der Waals surface area contributed by atoms with Crippen LogP contribution in [0.2, 0.25) is 0 Å². The van der Waals surface area contributed by atoms with Gasteiger partial charge < -0.3 is 10.1 Å². The molecule has 0 saturated heterocycles. The second kappa shape index (κ2) is 8.65. The van der Waals surface area contributed by atoms with Crippen LogP contribution in [0.4, 0.5) is 0 Å². The number of thiophene rings is 1. The average Bonchev–Trinajstić information content (AvgIpc) is 2.99. The topological polar surface area (TPSA) is 90.3 Å². The SMILES string of the molecule is CC(C)OC(=O)CCNC(=O)CCn1cnc2sc3c(c2c1=O)CCCC3. The Labute approximate surface area is 161 Å². The minimum absolute atomic E-state index is 0.0623. The van der Waals surface area contributed by atoms with Crippen molar-refractivity contribution in [3.63, 3.8) is 0 Å². The minimum atomic E-state index is -0.335. The fourth-order valence-corrected chi connectivity index (χ4v) is 4.50. The third-order valence-corrected chi connectivity index (χ3v) is 5.74. The molecule has 0 atom stereocenters. The molecule has 1 N–H and O–H groups in total. The number of carbonyl (C=O) groups is 2. The largest absolute Gasteiger partial charge is 0.463 e. The molecule has 27 heavy (non-hydrogen) atoms. The Morgan fingerprint density at radius 1 is 1.30 bits per heavy atom. The Hall–Kier alpha value is -2.22. The number of esters is 1. The predicted molar refractivity (Wildman–Crippen MR) is 104 cm³/mol. The van der Waals surface area contributed by atoms with Crippen LogP contribution in [0.3, 0.4) is 0 Å². The molecule has 2 heterocycles. The van der Waals surface area contributed by atoms with E-state index in [-0.39, 0.29) is 49.5 Å². The number of hydrogen-bond donors (Lipinski definition) is 1. The smallest absolute Gasteiger partial charge is 0.307 e. The van der Waals surface area contributed by atoms with Crippen LogP contribution in [0.15, 0.2) is 11.1 Å². The minimum Gasteiger partial charge on any atom is -0.463 e. The second-order valence-corrected chi connectivity index (χ2v) is 8.11. The summed E-state index contributed by atoms with van der Waals surface area (Å²) < 4.78 is 6.52. The molecule has 3 rings (SSSR count). The summed E-state index contributed by atoms with van der Waals surface area (Å²) in [5, 5.41) is 3.42. The van der Waals surface area contributed by atoms with Gasteiger partial charge in [0.15, 0.2) is 0 Å². The number of aromatic nitrogens is 2. The maximum atomic E-state index is 12.8. The van der Waals surface area contributed by atoms with E-state index >= 15 is 0 Å².